The fraction of sp³-hybridized carbons (Fsp3) is 0.550. The highest BCUT2D eigenvalue weighted by molar-refractivity contribution is 5.79. The second kappa shape index (κ2) is 9.34. The van der Waals surface area contributed by atoms with Crippen molar-refractivity contribution in [2.75, 3.05) is 13.1 Å². The molecule has 0 bridgehead atoms. The molecule has 1 aliphatic rings. The summed E-state index contributed by atoms with van der Waals surface area (Å²) in [6.07, 6.45) is 5.27. The molecule has 1 atom stereocenters. The van der Waals surface area contributed by atoms with Gasteiger partial charge in [-0.2, -0.15) is 0 Å². The van der Waals surface area contributed by atoms with Crippen molar-refractivity contribution < 1.29 is 14.6 Å². The van der Waals surface area contributed by atoms with Gasteiger partial charge in [0.05, 0.1) is 13.0 Å². The van der Waals surface area contributed by atoms with Crippen molar-refractivity contribution in [3.63, 3.8) is 0 Å². The van der Waals surface area contributed by atoms with Gasteiger partial charge in [-0.25, -0.2) is 4.79 Å². The standard InChI is InChI=1S/C20H27NO3/c1-2-21-16-10-9-15-20(19(22)23,17-11-5-3-6-12-17)24-18-13-7-4-8-14-18/h4,7-8,13-14,17,21H,2-3,5-6,11-12,15-16H2,1H3,(H,22,23). The summed E-state index contributed by atoms with van der Waals surface area (Å²) >= 11 is 0. The van der Waals surface area contributed by atoms with Crippen molar-refractivity contribution >= 4 is 5.97 Å². The number of hydrogen-bond donors (Lipinski definition) is 2. The molecular weight excluding hydrogens is 302 g/mol. The van der Waals surface area contributed by atoms with Crippen LogP contribution in [-0.2, 0) is 4.79 Å². The van der Waals surface area contributed by atoms with Gasteiger partial charge in [-0.15, -0.1) is 0 Å². The Morgan fingerprint density at radius 1 is 1.25 bits per heavy atom. The molecule has 1 fully saturated rings. The molecule has 24 heavy (non-hydrogen) atoms. The number of nitrogens with one attached hydrogen (secondary N) is 1. The molecule has 2 rings (SSSR count). The molecule has 1 saturated carbocycles. The van der Waals surface area contributed by atoms with Gasteiger partial charge < -0.3 is 15.2 Å². The summed E-state index contributed by atoms with van der Waals surface area (Å²) in [6, 6.07) is 9.24. The SMILES string of the molecule is CCNCC#CCC(Oc1ccccc1)(C(=O)O)C1CCCCC1. The molecule has 1 aromatic carbocycles. The molecule has 0 saturated heterocycles. The van der Waals surface area contributed by atoms with Crippen LogP contribution >= 0.6 is 0 Å². The average molecular weight is 329 g/mol. The van der Waals surface area contributed by atoms with Gasteiger partial charge in [-0.1, -0.05) is 56.2 Å². The van der Waals surface area contributed by atoms with E-state index in [4.69, 9.17) is 4.74 Å². The van der Waals surface area contributed by atoms with Crippen LogP contribution in [0.25, 0.3) is 0 Å². The summed E-state index contributed by atoms with van der Waals surface area (Å²) < 4.78 is 6.09. The van der Waals surface area contributed by atoms with Crippen LogP contribution in [-0.4, -0.2) is 29.8 Å². The zero-order valence-corrected chi connectivity index (χ0v) is 14.4. The molecule has 1 aromatic rings. The van der Waals surface area contributed by atoms with E-state index in [0.717, 1.165) is 32.2 Å². The predicted molar refractivity (Wildman–Crippen MR) is 94.9 cm³/mol. The van der Waals surface area contributed by atoms with Crippen molar-refractivity contribution in [1.29, 1.82) is 0 Å². The third-order valence-electron chi connectivity index (χ3n) is 4.61. The maximum Gasteiger partial charge on any atom is 0.349 e. The summed E-state index contributed by atoms with van der Waals surface area (Å²) in [5.74, 6) is 5.75. The third kappa shape index (κ3) is 4.75. The molecule has 130 valence electrons. The summed E-state index contributed by atoms with van der Waals surface area (Å²) in [7, 11) is 0. The lowest BCUT2D eigenvalue weighted by molar-refractivity contribution is -0.161. The molecule has 1 aliphatic carbocycles. The van der Waals surface area contributed by atoms with E-state index < -0.39 is 11.6 Å². The molecule has 4 nitrogen and oxygen atoms in total. The van der Waals surface area contributed by atoms with Gasteiger partial charge in [0.15, 0.2) is 0 Å². The number of carboxylic acid groups (broad SMARTS) is 1. The number of carbonyl (C=O) groups is 1. The highest BCUT2D eigenvalue weighted by Gasteiger charge is 2.48. The third-order valence-corrected chi connectivity index (χ3v) is 4.61. The second-order valence-corrected chi connectivity index (χ2v) is 6.26. The van der Waals surface area contributed by atoms with Crippen molar-refractivity contribution in [2.24, 2.45) is 5.92 Å². The second-order valence-electron chi connectivity index (χ2n) is 6.26. The maximum absolute atomic E-state index is 12.2. The van der Waals surface area contributed by atoms with Crippen LogP contribution in [0.3, 0.4) is 0 Å². The van der Waals surface area contributed by atoms with Crippen LogP contribution in [0.1, 0.15) is 45.4 Å². The summed E-state index contributed by atoms with van der Waals surface area (Å²) in [5, 5.41) is 13.2. The first-order valence-corrected chi connectivity index (χ1v) is 8.83. The molecule has 2 N–H and O–H groups in total. The molecule has 0 aliphatic heterocycles. The Morgan fingerprint density at radius 3 is 2.58 bits per heavy atom. The Hall–Kier alpha value is -1.99. The summed E-state index contributed by atoms with van der Waals surface area (Å²) in [6.45, 7) is 3.44. The number of aliphatic carboxylic acids is 1. The monoisotopic (exact) mass is 329 g/mol. The number of carboxylic acids is 1. The van der Waals surface area contributed by atoms with Gasteiger partial charge in [-0.05, 0) is 31.5 Å². The average Bonchev–Trinajstić information content (AvgIpc) is 2.62. The molecule has 1 unspecified atom stereocenters. The lowest BCUT2D eigenvalue weighted by Gasteiger charge is -2.38. The number of para-hydroxylation sites is 1. The van der Waals surface area contributed by atoms with E-state index in [2.05, 4.69) is 17.2 Å². The zero-order valence-electron chi connectivity index (χ0n) is 14.4. The highest BCUT2D eigenvalue weighted by Crippen LogP contribution is 2.38. The topological polar surface area (TPSA) is 58.6 Å². The van der Waals surface area contributed by atoms with E-state index >= 15 is 0 Å². The van der Waals surface area contributed by atoms with Crippen molar-refractivity contribution in [3.05, 3.63) is 30.3 Å². The first-order valence-electron chi connectivity index (χ1n) is 8.83. The maximum atomic E-state index is 12.2. The van der Waals surface area contributed by atoms with Crippen molar-refractivity contribution in [3.8, 4) is 17.6 Å². The Labute approximate surface area is 144 Å². The summed E-state index contributed by atoms with van der Waals surface area (Å²) in [5.41, 5.74) is -1.26. The fourth-order valence-electron chi connectivity index (χ4n) is 3.27. The molecule has 0 amide bonds. The van der Waals surface area contributed by atoms with Crippen LogP contribution in [0.4, 0.5) is 0 Å². The van der Waals surface area contributed by atoms with Gasteiger partial charge in [-0.3, -0.25) is 0 Å². The van der Waals surface area contributed by atoms with Crippen molar-refractivity contribution in [1.82, 2.24) is 5.32 Å². The van der Waals surface area contributed by atoms with Crippen LogP contribution < -0.4 is 10.1 Å². The van der Waals surface area contributed by atoms with Gasteiger partial charge in [0.25, 0.3) is 0 Å². The molecule has 0 aromatic heterocycles. The zero-order chi connectivity index (χ0) is 17.3. The minimum Gasteiger partial charge on any atom is -0.478 e. The van der Waals surface area contributed by atoms with E-state index in [0.29, 0.717) is 12.3 Å². The Bertz CT molecular complexity index is 570. The molecule has 0 spiro atoms. The molecular formula is C20H27NO3. The molecule has 0 radical (unpaired) electrons. The van der Waals surface area contributed by atoms with Crippen LogP contribution in [0.15, 0.2) is 30.3 Å². The minimum atomic E-state index is -1.26. The quantitative estimate of drug-likeness (QED) is 0.594. The Kier molecular flexibility index (Phi) is 7.14. The lowest BCUT2D eigenvalue weighted by Crippen LogP contribution is -2.51. The number of ether oxygens (including phenoxy) is 1. The lowest BCUT2D eigenvalue weighted by atomic mass is 9.75. The Balaban J connectivity index is 2.24. The van der Waals surface area contributed by atoms with Crippen LogP contribution in [0.5, 0.6) is 5.75 Å². The normalized spacial score (nSPS) is 17.4. The number of rotatable bonds is 7. The van der Waals surface area contributed by atoms with Crippen LogP contribution in [0, 0.1) is 17.8 Å². The smallest absolute Gasteiger partial charge is 0.349 e. The first-order chi connectivity index (χ1) is 11.7. The Morgan fingerprint density at radius 2 is 1.96 bits per heavy atom. The van der Waals surface area contributed by atoms with Crippen molar-refractivity contribution in [2.45, 2.75) is 51.0 Å². The molecule has 4 heteroatoms. The van der Waals surface area contributed by atoms with Gasteiger partial charge in [0, 0.05) is 5.92 Å². The van der Waals surface area contributed by atoms with E-state index in [1.54, 1.807) is 0 Å². The number of hydrogen-bond acceptors (Lipinski definition) is 3. The largest absolute Gasteiger partial charge is 0.478 e. The fourth-order valence-corrected chi connectivity index (χ4v) is 3.27. The predicted octanol–water partition coefficient (Wildman–Crippen LogP) is 3.47. The van der Waals surface area contributed by atoms with E-state index in [9.17, 15) is 9.90 Å². The first kappa shape index (κ1) is 18.4. The summed E-state index contributed by atoms with van der Waals surface area (Å²) in [4.78, 5) is 12.2. The van der Waals surface area contributed by atoms with Gasteiger partial charge in [0.1, 0.15) is 5.75 Å². The number of benzene rings is 1. The van der Waals surface area contributed by atoms with Crippen LogP contribution in [0.2, 0.25) is 0 Å². The van der Waals surface area contributed by atoms with Gasteiger partial charge in [0.2, 0.25) is 5.60 Å². The highest BCUT2D eigenvalue weighted by atomic mass is 16.5. The molecule has 0 heterocycles. The van der Waals surface area contributed by atoms with Gasteiger partial charge >= 0.3 is 5.97 Å². The van der Waals surface area contributed by atoms with E-state index in [1.165, 1.54) is 6.42 Å². The minimum absolute atomic E-state index is 0.00242. The van der Waals surface area contributed by atoms with E-state index in [1.807, 2.05) is 37.3 Å². The van der Waals surface area contributed by atoms with E-state index in [-0.39, 0.29) is 12.3 Å².